The maximum atomic E-state index is 11.5. The zero-order valence-corrected chi connectivity index (χ0v) is 10.6. The largest absolute Gasteiger partial charge is 0.497 e. The predicted octanol–water partition coefficient (Wildman–Crippen LogP) is 2.05. The van der Waals surface area contributed by atoms with E-state index in [2.05, 4.69) is 10.3 Å². The summed E-state index contributed by atoms with van der Waals surface area (Å²) in [7, 11) is 1.60. The van der Waals surface area contributed by atoms with Crippen LogP contribution in [0.2, 0.25) is 0 Å². The number of fused-ring (bicyclic) bond motifs is 1. The van der Waals surface area contributed by atoms with E-state index < -0.39 is 12.0 Å². The van der Waals surface area contributed by atoms with Crippen LogP contribution < -0.4 is 10.1 Å². The lowest BCUT2D eigenvalue weighted by Crippen LogP contribution is -2.29. The Morgan fingerprint density at radius 2 is 2.32 bits per heavy atom. The second-order valence-corrected chi connectivity index (χ2v) is 4.87. The number of methoxy groups -OCH3 is 1. The Morgan fingerprint density at radius 1 is 1.53 bits per heavy atom. The molecule has 0 amide bonds. The van der Waals surface area contributed by atoms with E-state index in [-0.39, 0.29) is 0 Å². The summed E-state index contributed by atoms with van der Waals surface area (Å²) in [5.41, 5.74) is 1.67. The topological polar surface area (TPSA) is 74.3 Å². The van der Waals surface area contributed by atoms with E-state index in [4.69, 9.17) is 4.74 Å². The monoisotopic (exact) mass is 260 g/mol. The Labute approximate surface area is 110 Å². The Kier molecular flexibility index (Phi) is 2.91. The third kappa shape index (κ3) is 2.29. The Balaban J connectivity index is 2.03. The number of carboxylic acid groups (broad SMARTS) is 1. The molecular weight excluding hydrogens is 244 g/mol. The first-order valence-electron chi connectivity index (χ1n) is 6.33. The number of hydrogen-bond acceptors (Lipinski definition) is 3. The van der Waals surface area contributed by atoms with Gasteiger partial charge in [0, 0.05) is 28.7 Å². The summed E-state index contributed by atoms with van der Waals surface area (Å²) in [5.74, 6) is -0.125. The number of hydrogen-bond donors (Lipinski definition) is 3. The molecule has 5 heteroatoms. The maximum Gasteiger partial charge on any atom is 0.325 e. The first-order valence-corrected chi connectivity index (χ1v) is 6.33. The van der Waals surface area contributed by atoms with Gasteiger partial charge in [0.25, 0.3) is 0 Å². The molecule has 0 radical (unpaired) electrons. The van der Waals surface area contributed by atoms with Crippen molar-refractivity contribution in [2.24, 2.45) is 0 Å². The SMILES string of the molecule is COc1ccc2[nH]cc(C(NC3CC3)C(=O)O)c2c1. The van der Waals surface area contributed by atoms with Crippen LogP contribution in [-0.4, -0.2) is 29.2 Å². The Morgan fingerprint density at radius 3 is 2.95 bits per heavy atom. The molecule has 1 aromatic heterocycles. The van der Waals surface area contributed by atoms with E-state index in [0.29, 0.717) is 6.04 Å². The summed E-state index contributed by atoms with van der Waals surface area (Å²) in [6.45, 7) is 0. The fourth-order valence-corrected chi connectivity index (χ4v) is 2.27. The number of carbonyl (C=O) groups is 1. The third-order valence-electron chi connectivity index (χ3n) is 3.46. The molecule has 1 saturated carbocycles. The molecule has 3 N–H and O–H groups in total. The van der Waals surface area contributed by atoms with E-state index in [1.807, 2.05) is 18.2 Å². The molecule has 1 aromatic carbocycles. The van der Waals surface area contributed by atoms with Crippen LogP contribution in [-0.2, 0) is 4.79 Å². The van der Waals surface area contributed by atoms with Gasteiger partial charge in [-0.1, -0.05) is 0 Å². The predicted molar refractivity (Wildman–Crippen MR) is 71.4 cm³/mol. The van der Waals surface area contributed by atoms with Gasteiger partial charge in [-0.2, -0.15) is 0 Å². The fourth-order valence-electron chi connectivity index (χ4n) is 2.27. The minimum absolute atomic E-state index is 0.330. The summed E-state index contributed by atoms with van der Waals surface area (Å²) < 4.78 is 5.20. The highest BCUT2D eigenvalue weighted by molar-refractivity contribution is 5.90. The van der Waals surface area contributed by atoms with Crippen LogP contribution in [0.25, 0.3) is 10.9 Å². The minimum atomic E-state index is -0.851. The van der Waals surface area contributed by atoms with Gasteiger partial charge in [0.1, 0.15) is 11.8 Å². The summed E-state index contributed by atoms with van der Waals surface area (Å²) in [6.07, 6.45) is 3.86. The highest BCUT2D eigenvalue weighted by Gasteiger charge is 2.30. The lowest BCUT2D eigenvalue weighted by atomic mass is 10.1. The summed E-state index contributed by atoms with van der Waals surface area (Å²) in [4.78, 5) is 14.6. The van der Waals surface area contributed by atoms with Crippen molar-refractivity contribution in [1.82, 2.24) is 10.3 Å². The average Bonchev–Trinajstić information content (AvgIpc) is 3.14. The van der Waals surface area contributed by atoms with E-state index >= 15 is 0 Å². The van der Waals surface area contributed by atoms with Crippen LogP contribution >= 0.6 is 0 Å². The van der Waals surface area contributed by atoms with E-state index in [1.165, 1.54) is 0 Å². The summed E-state index contributed by atoms with van der Waals surface area (Å²) >= 11 is 0. The van der Waals surface area contributed by atoms with Crippen LogP contribution in [0, 0.1) is 0 Å². The van der Waals surface area contributed by atoms with Crippen LogP contribution in [0.1, 0.15) is 24.4 Å². The average molecular weight is 260 g/mol. The van der Waals surface area contributed by atoms with Gasteiger partial charge in [-0.05, 0) is 31.0 Å². The molecule has 0 saturated heterocycles. The number of aliphatic carboxylic acids is 1. The molecule has 19 heavy (non-hydrogen) atoms. The molecule has 100 valence electrons. The summed E-state index contributed by atoms with van der Waals surface area (Å²) in [6, 6.07) is 5.27. The van der Waals surface area contributed by atoms with Crippen molar-refractivity contribution in [3.8, 4) is 5.75 Å². The number of aromatic amines is 1. The van der Waals surface area contributed by atoms with Gasteiger partial charge in [0.15, 0.2) is 0 Å². The molecular formula is C14H16N2O3. The molecule has 0 spiro atoms. The number of ether oxygens (including phenoxy) is 1. The molecule has 5 nitrogen and oxygen atoms in total. The first-order chi connectivity index (χ1) is 9.19. The van der Waals surface area contributed by atoms with Gasteiger partial charge in [0.05, 0.1) is 7.11 Å². The van der Waals surface area contributed by atoms with Crippen molar-refractivity contribution in [3.63, 3.8) is 0 Å². The zero-order chi connectivity index (χ0) is 13.4. The quantitative estimate of drug-likeness (QED) is 0.769. The minimum Gasteiger partial charge on any atom is -0.497 e. The maximum absolute atomic E-state index is 11.5. The van der Waals surface area contributed by atoms with Gasteiger partial charge >= 0.3 is 5.97 Å². The second kappa shape index (κ2) is 4.59. The summed E-state index contributed by atoms with van der Waals surface area (Å²) in [5, 5.41) is 13.5. The van der Waals surface area contributed by atoms with Crippen molar-refractivity contribution >= 4 is 16.9 Å². The molecule has 1 heterocycles. The zero-order valence-electron chi connectivity index (χ0n) is 10.6. The van der Waals surface area contributed by atoms with Crippen molar-refractivity contribution in [1.29, 1.82) is 0 Å². The number of aromatic nitrogens is 1. The normalized spacial score (nSPS) is 16.5. The van der Waals surface area contributed by atoms with Crippen molar-refractivity contribution in [3.05, 3.63) is 30.0 Å². The third-order valence-corrected chi connectivity index (χ3v) is 3.46. The number of benzene rings is 1. The van der Waals surface area contributed by atoms with E-state index in [0.717, 1.165) is 35.1 Å². The smallest absolute Gasteiger partial charge is 0.325 e. The van der Waals surface area contributed by atoms with Gasteiger partial charge in [-0.15, -0.1) is 0 Å². The first kappa shape index (κ1) is 12.0. The molecule has 0 aliphatic heterocycles. The fraction of sp³-hybridized carbons (Fsp3) is 0.357. The van der Waals surface area contributed by atoms with Gasteiger partial charge in [-0.3, -0.25) is 10.1 Å². The molecule has 1 aliphatic rings. The molecule has 1 aliphatic carbocycles. The van der Waals surface area contributed by atoms with E-state index in [1.54, 1.807) is 13.3 Å². The van der Waals surface area contributed by atoms with Gasteiger partial charge < -0.3 is 14.8 Å². The number of nitrogens with one attached hydrogen (secondary N) is 2. The molecule has 2 aromatic rings. The Bertz CT molecular complexity index is 616. The van der Waals surface area contributed by atoms with E-state index in [9.17, 15) is 9.90 Å². The van der Waals surface area contributed by atoms with Crippen LogP contribution in [0.3, 0.4) is 0 Å². The van der Waals surface area contributed by atoms with Crippen molar-refractivity contribution in [2.45, 2.75) is 24.9 Å². The van der Waals surface area contributed by atoms with Crippen LogP contribution in [0.4, 0.5) is 0 Å². The van der Waals surface area contributed by atoms with Crippen LogP contribution in [0.15, 0.2) is 24.4 Å². The molecule has 1 atom stereocenters. The number of H-pyrrole nitrogens is 1. The number of rotatable bonds is 5. The van der Waals surface area contributed by atoms with Gasteiger partial charge in [0.2, 0.25) is 0 Å². The lowest BCUT2D eigenvalue weighted by Gasteiger charge is -2.13. The van der Waals surface area contributed by atoms with Crippen molar-refractivity contribution < 1.29 is 14.6 Å². The second-order valence-electron chi connectivity index (χ2n) is 4.87. The lowest BCUT2D eigenvalue weighted by molar-refractivity contribution is -0.139. The van der Waals surface area contributed by atoms with Gasteiger partial charge in [-0.25, -0.2) is 0 Å². The van der Waals surface area contributed by atoms with Crippen LogP contribution in [0.5, 0.6) is 5.75 Å². The molecule has 1 unspecified atom stereocenters. The molecule has 3 rings (SSSR count). The highest BCUT2D eigenvalue weighted by atomic mass is 16.5. The molecule has 0 bridgehead atoms. The standard InChI is InChI=1S/C14H16N2O3/c1-19-9-4-5-12-10(6-9)11(7-15-12)13(14(17)18)16-8-2-3-8/h4-8,13,15-16H,2-3H2,1H3,(H,17,18). The van der Waals surface area contributed by atoms with Crippen molar-refractivity contribution in [2.75, 3.05) is 7.11 Å². The number of carboxylic acids is 1. The highest BCUT2D eigenvalue weighted by Crippen LogP contribution is 2.30. The molecule has 1 fully saturated rings. The Hall–Kier alpha value is -2.01.